The first kappa shape index (κ1) is 14.4. The molecule has 1 fully saturated rings. The van der Waals surface area contributed by atoms with Crippen LogP contribution in [0.1, 0.15) is 55.9 Å². The van der Waals surface area contributed by atoms with Gasteiger partial charge in [-0.3, -0.25) is 0 Å². The van der Waals surface area contributed by atoms with Crippen LogP contribution in [-0.2, 0) is 12.8 Å². The van der Waals surface area contributed by atoms with Gasteiger partial charge in [-0.15, -0.1) is 0 Å². The summed E-state index contributed by atoms with van der Waals surface area (Å²) in [5.74, 6) is 1.62. The molecular formula is C16H27N3. The van der Waals surface area contributed by atoms with Gasteiger partial charge in [0.1, 0.15) is 5.82 Å². The molecule has 0 bridgehead atoms. The first-order valence-electron chi connectivity index (χ1n) is 7.62. The quantitative estimate of drug-likeness (QED) is 0.767. The van der Waals surface area contributed by atoms with Gasteiger partial charge in [0.05, 0.1) is 0 Å². The van der Waals surface area contributed by atoms with E-state index in [-0.39, 0.29) is 0 Å². The third-order valence-electron chi connectivity index (χ3n) is 3.67. The molecule has 2 rings (SSSR count). The van der Waals surface area contributed by atoms with Gasteiger partial charge in [-0.1, -0.05) is 13.8 Å². The monoisotopic (exact) mass is 261 g/mol. The van der Waals surface area contributed by atoms with Crippen LogP contribution in [-0.4, -0.2) is 22.6 Å². The standard InChI is InChI=1S/C16H27N3/c1-11(2)10-16-18-12(3)15(13(4)19-16)6-5-9-17-14-7-8-14/h11,14,17H,5-10H2,1-4H3. The molecule has 1 aliphatic carbocycles. The van der Waals surface area contributed by atoms with E-state index < -0.39 is 0 Å². The molecule has 0 unspecified atom stereocenters. The highest BCUT2D eigenvalue weighted by Gasteiger charge is 2.19. The van der Waals surface area contributed by atoms with E-state index in [0.717, 1.165) is 31.3 Å². The zero-order valence-electron chi connectivity index (χ0n) is 12.8. The molecule has 1 N–H and O–H groups in total. The maximum atomic E-state index is 4.67. The van der Waals surface area contributed by atoms with Crippen LogP contribution in [0.4, 0.5) is 0 Å². The Morgan fingerprint density at radius 2 is 1.79 bits per heavy atom. The van der Waals surface area contributed by atoms with Crippen LogP contribution in [0.5, 0.6) is 0 Å². The molecule has 0 spiro atoms. The summed E-state index contributed by atoms with van der Waals surface area (Å²) >= 11 is 0. The van der Waals surface area contributed by atoms with Gasteiger partial charge >= 0.3 is 0 Å². The highest BCUT2D eigenvalue weighted by atomic mass is 14.9. The van der Waals surface area contributed by atoms with Crippen LogP contribution in [0.3, 0.4) is 0 Å². The molecule has 19 heavy (non-hydrogen) atoms. The number of hydrogen-bond acceptors (Lipinski definition) is 3. The van der Waals surface area contributed by atoms with E-state index in [9.17, 15) is 0 Å². The second kappa shape index (κ2) is 6.47. The molecular weight excluding hydrogens is 234 g/mol. The van der Waals surface area contributed by atoms with Crippen molar-refractivity contribution in [1.29, 1.82) is 0 Å². The summed E-state index contributed by atoms with van der Waals surface area (Å²) in [5.41, 5.74) is 3.70. The highest BCUT2D eigenvalue weighted by molar-refractivity contribution is 5.24. The van der Waals surface area contributed by atoms with Gasteiger partial charge in [0.2, 0.25) is 0 Å². The zero-order valence-corrected chi connectivity index (χ0v) is 12.8. The molecule has 3 nitrogen and oxygen atoms in total. The third kappa shape index (κ3) is 4.57. The summed E-state index contributed by atoms with van der Waals surface area (Å²) < 4.78 is 0. The van der Waals surface area contributed by atoms with E-state index >= 15 is 0 Å². The molecule has 0 radical (unpaired) electrons. The molecule has 1 aromatic rings. The van der Waals surface area contributed by atoms with Gasteiger partial charge in [0.15, 0.2) is 0 Å². The number of rotatable bonds is 7. The lowest BCUT2D eigenvalue weighted by Gasteiger charge is -2.12. The first-order chi connectivity index (χ1) is 9.06. The average molecular weight is 261 g/mol. The van der Waals surface area contributed by atoms with Crippen LogP contribution >= 0.6 is 0 Å². The SMILES string of the molecule is Cc1nc(CC(C)C)nc(C)c1CCCNC1CC1. The van der Waals surface area contributed by atoms with Crippen molar-refractivity contribution < 1.29 is 0 Å². The molecule has 0 amide bonds. The largest absolute Gasteiger partial charge is 0.314 e. The molecule has 1 aromatic heterocycles. The molecule has 1 heterocycles. The number of nitrogens with one attached hydrogen (secondary N) is 1. The summed E-state index contributed by atoms with van der Waals surface area (Å²) in [6.07, 6.45) is 5.99. The van der Waals surface area contributed by atoms with E-state index in [1.165, 1.54) is 36.2 Å². The average Bonchev–Trinajstić information content (AvgIpc) is 3.10. The maximum Gasteiger partial charge on any atom is 0.129 e. The van der Waals surface area contributed by atoms with E-state index in [0.29, 0.717) is 5.92 Å². The van der Waals surface area contributed by atoms with Gasteiger partial charge in [-0.25, -0.2) is 9.97 Å². The summed E-state index contributed by atoms with van der Waals surface area (Å²) in [6, 6.07) is 0.812. The predicted molar refractivity (Wildman–Crippen MR) is 79.4 cm³/mol. The second-order valence-corrected chi connectivity index (χ2v) is 6.22. The van der Waals surface area contributed by atoms with Gasteiger partial charge in [-0.2, -0.15) is 0 Å². The molecule has 3 heteroatoms. The highest BCUT2D eigenvalue weighted by Crippen LogP contribution is 2.19. The minimum atomic E-state index is 0.618. The lowest BCUT2D eigenvalue weighted by atomic mass is 10.1. The van der Waals surface area contributed by atoms with Gasteiger partial charge in [-0.05, 0) is 57.6 Å². The van der Waals surface area contributed by atoms with Gasteiger partial charge in [0, 0.05) is 23.9 Å². The molecule has 0 aliphatic heterocycles. The molecule has 106 valence electrons. The minimum Gasteiger partial charge on any atom is -0.314 e. The van der Waals surface area contributed by atoms with Crippen molar-refractivity contribution in [3.05, 3.63) is 22.8 Å². The van der Waals surface area contributed by atoms with Crippen molar-refractivity contribution in [2.75, 3.05) is 6.54 Å². The van der Waals surface area contributed by atoms with Crippen molar-refractivity contribution in [3.63, 3.8) is 0 Å². The molecule has 0 saturated heterocycles. The minimum absolute atomic E-state index is 0.618. The smallest absolute Gasteiger partial charge is 0.129 e. The van der Waals surface area contributed by atoms with Crippen LogP contribution in [0, 0.1) is 19.8 Å². The normalized spacial score (nSPS) is 15.2. The van der Waals surface area contributed by atoms with Crippen molar-refractivity contribution >= 4 is 0 Å². The third-order valence-corrected chi connectivity index (χ3v) is 3.67. The summed E-state index contributed by atoms with van der Waals surface area (Å²) in [7, 11) is 0. The second-order valence-electron chi connectivity index (χ2n) is 6.22. The van der Waals surface area contributed by atoms with Crippen LogP contribution in [0.25, 0.3) is 0 Å². The number of aryl methyl sites for hydroxylation is 2. The van der Waals surface area contributed by atoms with Crippen molar-refractivity contribution in [2.24, 2.45) is 5.92 Å². The van der Waals surface area contributed by atoms with Crippen molar-refractivity contribution in [1.82, 2.24) is 15.3 Å². The van der Waals surface area contributed by atoms with Gasteiger partial charge < -0.3 is 5.32 Å². The van der Waals surface area contributed by atoms with Gasteiger partial charge in [0.25, 0.3) is 0 Å². The van der Waals surface area contributed by atoms with E-state index in [1.807, 2.05) is 0 Å². The Balaban J connectivity index is 1.91. The van der Waals surface area contributed by atoms with Crippen LogP contribution < -0.4 is 5.32 Å². The van der Waals surface area contributed by atoms with E-state index in [1.54, 1.807) is 0 Å². The van der Waals surface area contributed by atoms with Crippen LogP contribution in [0.2, 0.25) is 0 Å². The Hall–Kier alpha value is -0.960. The molecule has 0 aromatic carbocycles. The van der Waals surface area contributed by atoms with E-state index in [2.05, 4.69) is 43.0 Å². The molecule has 1 aliphatic rings. The lowest BCUT2D eigenvalue weighted by molar-refractivity contribution is 0.611. The number of hydrogen-bond donors (Lipinski definition) is 1. The van der Waals surface area contributed by atoms with Crippen LogP contribution in [0.15, 0.2) is 0 Å². The Kier molecular flexibility index (Phi) is 4.92. The first-order valence-corrected chi connectivity index (χ1v) is 7.62. The zero-order chi connectivity index (χ0) is 13.8. The lowest BCUT2D eigenvalue weighted by Crippen LogP contribution is -2.18. The summed E-state index contributed by atoms with van der Waals surface area (Å²) in [4.78, 5) is 9.34. The Morgan fingerprint density at radius 1 is 1.16 bits per heavy atom. The fourth-order valence-electron chi connectivity index (χ4n) is 2.49. The number of nitrogens with zero attached hydrogens (tertiary/aromatic N) is 2. The van der Waals surface area contributed by atoms with Crippen molar-refractivity contribution in [2.45, 2.75) is 65.8 Å². The summed E-state index contributed by atoms with van der Waals surface area (Å²) in [6.45, 7) is 9.80. The molecule has 1 saturated carbocycles. The Bertz CT molecular complexity index is 399. The Labute approximate surface area is 117 Å². The molecule has 0 atom stereocenters. The Morgan fingerprint density at radius 3 is 2.32 bits per heavy atom. The van der Waals surface area contributed by atoms with Crippen molar-refractivity contribution in [3.8, 4) is 0 Å². The topological polar surface area (TPSA) is 37.8 Å². The van der Waals surface area contributed by atoms with E-state index in [4.69, 9.17) is 0 Å². The number of aromatic nitrogens is 2. The summed E-state index contributed by atoms with van der Waals surface area (Å²) in [5, 5.41) is 3.56. The fourth-order valence-corrected chi connectivity index (χ4v) is 2.49. The predicted octanol–water partition coefficient (Wildman–Crippen LogP) is 2.98. The maximum absolute atomic E-state index is 4.67. The fraction of sp³-hybridized carbons (Fsp3) is 0.750.